The summed E-state index contributed by atoms with van der Waals surface area (Å²) >= 11 is 3.51. The molecule has 0 spiro atoms. The van der Waals surface area contributed by atoms with Crippen molar-refractivity contribution in [2.75, 3.05) is 19.4 Å². The molecule has 1 aromatic rings. The van der Waals surface area contributed by atoms with Crippen LogP contribution in [0.25, 0.3) is 0 Å². The van der Waals surface area contributed by atoms with Gasteiger partial charge in [0.1, 0.15) is 11.9 Å². The third kappa shape index (κ3) is 9.22. The van der Waals surface area contributed by atoms with Crippen LogP contribution in [0.15, 0.2) is 28.7 Å². The predicted octanol–water partition coefficient (Wildman–Crippen LogP) is 7.76. The molecule has 0 aliphatic rings. The molecule has 5 nitrogen and oxygen atoms in total. The number of Topliss-reactive ketones (excluding diaryl/α,β-unsaturated/α-hetero) is 1. The Hall–Kier alpha value is -0.303. The Morgan fingerprint density at radius 3 is 1.97 bits per heavy atom. The lowest BCUT2D eigenvalue weighted by Crippen LogP contribution is -2.38. The van der Waals surface area contributed by atoms with Crippen LogP contribution in [0.4, 0.5) is 0 Å². The Bertz CT molecular complexity index is 690. The van der Waals surface area contributed by atoms with Crippen molar-refractivity contribution in [1.29, 1.82) is 0 Å². The van der Waals surface area contributed by atoms with Gasteiger partial charge in [-0.3, -0.25) is 9.36 Å². The fourth-order valence-corrected chi connectivity index (χ4v) is 8.60. The number of carbonyl (C=O) groups excluding carboxylic acids is 1. The molecule has 0 aliphatic carbocycles. The molecule has 0 unspecified atom stereocenters. The molecule has 178 valence electrons. The number of rotatable bonds is 16. The first-order valence-corrected chi connectivity index (χ1v) is 16.6. The van der Waals surface area contributed by atoms with E-state index in [1.165, 1.54) is 0 Å². The summed E-state index contributed by atoms with van der Waals surface area (Å²) in [5.41, 5.74) is 1.14. The molecular weight excluding hydrogens is 495 g/mol. The van der Waals surface area contributed by atoms with Gasteiger partial charge in [0.05, 0.1) is 19.3 Å². The maximum atomic E-state index is 12.7. The quantitative estimate of drug-likeness (QED) is 0.160. The number of hydrogen-bond acceptors (Lipinski definition) is 5. The third-order valence-electron chi connectivity index (χ3n) is 5.93. The summed E-state index contributed by atoms with van der Waals surface area (Å²) in [6, 6.07) is 11.5. The number of benzene rings is 1. The average molecular weight is 536 g/mol. The van der Waals surface area contributed by atoms with Gasteiger partial charge in [-0.15, -0.1) is 0 Å². The average Bonchev–Trinajstić information content (AvgIpc) is 2.74. The van der Waals surface area contributed by atoms with Crippen molar-refractivity contribution in [3.05, 3.63) is 34.3 Å². The van der Waals surface area contributed by atoms with Gasteiger partial charge in [0.2, 0.25) is 0 Å². The van der Waals surface area contributed by atoms with Crippen LogP contribution in [0.1, 0.15) is 66.1 Å². The van der Waals surface area contributed by atoms with E-state index in [9.17, 15) is 9.36 Å². The number of hydrogen-bond donors (Lipinski definition) is 0. The maximum absolute atomic E-state index is 12.7. The summed E-state index contributed by atoms with van der Waals surface area (Å²) in [4.78, 5) is 12.6. The van der Waals surface area contributed by atoms with Crippen molar-refractivity contribution in [3.63, 3.8) is 0 Å². The molecule has 31 heavy (non-hydrogen) atoms. The zero-order valence-corrected chi connectivity index (χ0v) is 23.5. The van der Waals surface area contributed by atoms with E-state index in [-0.39, 0.29) is 37.2 Å². The molecule has 0 bridgehead atoms. The van der Waals surface area contributed by atoms with Gasteiger partial charge in [0, 0.05) is 10.9 Å². The molecule has 0 fully saturated rings. The van der Waals surface area contributed by atoms with E-state index in [1.54, 1.807) is 13.8 Å². The van der Waals surface area contributed by atoms with Crippen LogP contribution >= 0.6 is 23.5 Å². The fourth-order valence-electron chi connectivity index (χ4n) is 3.79. The van der Waals surface area contributed by atoms with Crippen LogP contribution in [0.2, 0.25) is 18.1 Å². The summed E-state index contributed by atoms with van der Waals surface area (Å²) in [6.07, 6.45) is 0.779. The van der Waals surface area contributed by atoms with Gasteiger partial charge in [-0.25, -0.2) is 0 Å². The summed E-state index contributed by atoms with van der Waals surface area (Å²) in [5, 5.41) is 0. The summed E-state index contributed by atoms with van der Waals surface area (Å²) < 4.78 is 31.1. The molecule has 0 aromatic heterocycles. The summed E-state index contributed by atoms with van der Waals surface area (Å²) in [5.74, 6) is 0.0665. The summed E-state index contributed by atoms with van der Waals surface area (Å²) in [6.45, 7) is 12.9. The van der Waals surface area contributed by atoms with Gasteiger partial charge >= 0.3 is 7.60 Å². The van der Waals surface area contributed by atoms with Crippen molar-refractivity contribution in [2.45, 2.75) is 78.6 Å². The Morgan fingerprint density at radius 2 is 1.52 bits per heavy atom. The highest BCUT2D eigenvalue weighted by molar-refractivity contribution is 9.10. The molecule has 0 aliphatic heterocycles. The van der Waals surface area contributed by atoms with E-state index in [0.717, 1.165) is 28.2 Å². The van der Waals surface area contributed by atoms with Crippen molar-refractivity contribution < 1.29 is 22.8 Å². The molecular formula is C23H40BrO5PSi. The van der Waals surface area contributed by atoms with E-state index in [1.807, 2.05) is 12.1 Å². The highest BCUT2D eigenvalue weighted by atomic mass is 79.9. The number of carbonyl (C=O) groups is 1. The van der Waals surface area contributed by atoms with Gasteiger partial charge in [-0.1, -0.05) is 55.8 Å². The fraction of sp³-hybridized carbons (Fsp3) is 0.696. The molecule has 0 saturated heterocycles. The van der Waals surface area contributed by atoms with Crippen LogP contribution in [0.3, 0.4) is 0 Å². The van der Waals surface area contributed by atoms with Crippen LogP contribution < -0.4 is 0 Å². The zero-order chi connectivity index (χ0) is 23.5. The van der Waals surface area contributed by atoms with E-state index in [0.29, 0.717) is 12.8 Å². The van der Waals surface area contributed by atoms with Gasteiger partial charge in [0.25, 0.3) is 0 Å². The lowest BCUT2D eigenvalue weighted by molar-refractivity contribution is -0.117. The molecule has 0 N–H and O–H groups in total. The van der Waals surface area contributed by atoms with Gasteiger partial charge in [-0.2, -0.15) is 0 Å². The second-order valence-corrected chi connectivity index (χ2v) is 15.7. The predicted molar refractivity (Wildman–Crippen MR) is 134 cm³/mol. The lowest BCUT2D eigenvalue weighted by Gasteiger charge is -2.36. The second kappa shape index (κ2) is 14.1. The Morgan fingerprint density at radius 1 is 1.00 bits per heavy atom. The number of halogens is 1. The van der Waals surface area contributed by atoms with Crippen LogP contribution in [-0.4, -0.2) is 33.5 Å². The van der Waals surface area contributed by atoms with E-state index >= 15 is 0 Å². The van der Waals surface area contributed by atoms with Crippen molar-refractivity contribution >= 4 is 37.6 Å². The van der Waals surface area contributed by atoms with Crippen LogP contribution in [0.5, 0.6) is 0 Å². The Balaban J connectivity index is 2.94. The monoisotopic (exact) mass is 534 g/mol. The molecule has 2 atom stereocenters. The first-order chi connectivity index (χ1) is 14.7. The highest BCUT2D eigenvalue weighted by Gasteiger charge is 2.35. The molecule has 0 heterocycles. The molecule has 1 aromatic carbocycles. The first-order valence-electron chi connectivity index (χ1n) is 11.5. The standard InChI is InChI=1S/C23H40BrO5PSi/c1-7-27-30(26,28-8-2)18-22(25)17-12-19(6)23(20-13-15-21(24)16-14-20)29-31(9-3,10-4)11-5/h13-16,19,23H,7-12,17-18H2,1-6H3/t19-,23+/m1/s1. The van der Waals surface area contributed by atoms with Gasteiger partial charge in [-0.05, 0) is 62.0 Å². The van der Waals surface area contributed by atoms with Crippen molar-refractivity contribution in [2.24, 2.45) is 5.92 Å². The zero-order valence-electron chi connectivity index (χ0n) is 20.0. The van der Waals surface area contributed by atoms with E-state index in [2.05, 4.69) is 55.8 Å². The Labute approximate surface area is 198 Å². The second-order valence-electron chi connectivity index (χ2n) is 7.99. The van der Waals surface area contributed by atoms with Gasteiger partial charge < -0.3 is 13.5 Å². The highest BCUT2D eigenvalue weighted by Crippen LogP contribution is 2.48. The molecule has 0 amide bonds. The number of ketones is 1. The largest absolute Gasteiger partial charge is 0.410 e. The van der Waals surface area contributed by atoms with Crippen molar-refractivity contribution in [1.82, 2.24) is 0 Å². The SMILES string of the molecule is CCOP(=O)(CC(=O)CC[C@@H](C)[C@H](O[Si](CC)(CC)CC)c1ccc(Br)cc1)OCC. The van der Waals surface area contributed by atoms with E-state index in [4.69, 9.17) is 13.5 Å². The minimum absolute atomic E-state index is 0.0574. The summed E-state index contributed by atoms with van der Waals surface area (Å²) in [7, 11) is -5.19. The lowest BCUT2D eigenvalue weighted by atomic mass is 9.93. The van der Waals surface area contributed by atoms with Crippen molar-refractivity contribution in [3.8, 4) is 0 Å². The smallest absolute Gasteiger partial charge is 0.338 e. The molecule has 1 rings (SSSR count). The van der Waals surface area contributed by atoms with Gasteiger partial charge in [0.15, 0.2) is 8.32 Å². The van der Waals surface area contributed by atoms with E-state index < -0.39 is 15.9 Å². The maximum Gasteiger partial charge on any atom is 0.338 e. The van der Waals surface area contributed by atoms with Crippen LogP contribution in [0, 0.1) is 5.92 Å². The topological polar surface area (TPSA) is 61.8 Å². The molecule has 0 radical (unpaired) electrons. The Kier molecular flexibility index (Phi) is 13.0. The minimum atomic E-state index is -3.35. The molecule has 8 heteroatoms. The first kappa shape index (κ1) is 28.7. The molecule has 0 saturated carbocycles. The van der Waals surface area contributed by atoms with Crippen LogP contribution in [-0.2, 0) is 22.8 Å². The normalized spacial score (nSPS) is 14.4. The third-order valence-corrected chi connectivity index (χ3v) is 13.1. The minimum Gasteiger partial charge on any atom is -0.410 e.